The monoisotopic (exact) mass is 251 g/mol. The van der Waals surface area contributed by atoms with Gasteiger partial charge in [-0.1, -0.05) is 25.1 Å². The van der Waals surface area contributed by atoms with Gasteiger partial charge in [-0.05, 0) is 50.0 Å². The third-order valence-electron chi connectivity index (χ3n) is 2.65. The van der Waals surface area contributed by atoms with Crippen LogP contribution in [0.3, 0.4) is 0 Å². The fraction of sp³-hybridized carbons (Fsp3) is 0.467. The van der Waals surface area contributed by atoms with Crippen molar-refractivity contribution in [3.63, 3.8) is 0 Å². The molecule has 1 rings (SSSR count). The van der Waals surface area contributed by atoms with E-state index in [0.717, 1.165) is 37.9 Å². The summed E-state index contributed by atoms with van der Waals surface area (Å²) in [5, 5.41) is 3.33. The van der Waals surface area contributed by atoms with Gasteiger partial charge in [0, 0.05) is 0 Å². The lowest BCUT2D eigenvalue weighted by atomic mass is 10.1. The second-order valence-corrected chi connectivity index (χ2v) is 4.18. The predicted molar refractivity (Wildman–Crippen MR) is 73.6 cm³/mol. The average Bonchev–Trinajstić information content (AvgIpc) is 2.38. The van der Waals surface area contributed by atoms with Crippen LogP contribution in [0.2, 0.25) is 0 Å². The van der Waals surface area contributed by atoms with Gasteiger partial charge in [0.25, 0.3) is 0 Å². The van der Waals surface area contributed by atoms with Crippen molar-refractivity contribution in [2.24, 2.45) is 0 Å². The van der Waals surface area contributed by atoms with E-state index in [1.807, 2.05) is 6.07 Å². The number of methoxy groups -OCH3 is 1. The highest BCUT2D eigenvalue weighted by atomic mass is 19.1. The fourth-order valence-electron chi connectivity index (χ4n) is 1.66. The van der Waals surface area contributed by atoms with Crippen LogP contribution in [0, 0.1) is 5.82 Å². The molecule has 3 heteroatoms. The minimum atomic E-state index is -0.298. The van der Waals surface area contributed by atoms with Gasteiger partial charge in [-0.15, -0.1) is 0 Å². The van der Waals surface area contributed by atoms with E-state index in [1.54, 1.807) is 6.07 Å². The second kappa shape index (κ2) is 8.70. The van der Waals surface area contributed by atoms with Gasteiger partial charge < -0.3 is 10.1 Å². The number of hydrogen-bond acceptors (Lipinski definition) is 2. The van der Waals surface area contributed by atoms with Crippen molar-refractivity contribution < 1.29 is 9.13 Å². The Hall–Kier alpha value is -1.35. The van der Waals surface area contributed by atoms with Crippen molar-refractivity contribution in [1.29, 1.82) is 0 Å². The van der Waals surface area contributed by atoms with Crippen molar-refractivity contribution in [2.75, 3.05) is 20.2 Å². The van der Waals surface area contributed by atoms with Crippen LogP contribution in [-0.2, 0) is 6.42 Å². The first kappa shape index (κ1) is 14.7. The molecule has 0 aliphatic rings. The van der Waals surface area contributed by atoms with Gasteiger partial charge in [0.15, 0.2) is 11.6 Å². The number of ether oxygens (including phenoxy) is 1. The average molecular weight is 251 g/mol. The lowest BCUT2D eigenvalue weighted by Gasteiger charge is -2.03. The maximum atomic E-state index is 13.4. The maximum absolute atomic E-state index is 13.4. The van der Waals surface area contributed by atoms with E-state index in [9.17, 15) is 4.39 Å². The van der Waals surface area contributed by atoms with E-state index in [2.05, 4.69) is 24.4 Å². The molecule has 1 aromatic rings. The zero-order chi connectivity index (χ0) is 13.2. The van der Waals surface area contributed by atoms with Crippen molar-refractivity contribution in [2.45, 2.75) is 26.2 Å². The van der Waals surface area contributed by atoms with Crippen LogP contribution < -0.4 is 10.1 Å². The Labute approximate surface area is 109 Å². The second-order valence-electron chi connectivity index (χ2n) is 4.18. The fourth-order valence-corrected chi connectivity index (χ4v) is 1.66. The van der Waals surface area contributed by atoms with Gasteiger partial charge >= 0.3 is 0 Å². The zero-order valence-electron chi connectivity index (χ0n) is 11.2. The summed E-state index contributed by atoms with van der Waals surface area (Å²) in [6.07, 6.45) is 7.14. The van der Waals surface area contributed by atoms with Crippen LogP contribution in [0.5, 0.6) is 5.75 Å². The van der Waals surface area contributed by atoms with Crippen LogP contribution in [0.1, 0.15) is 25.3 Å². The summed E-state index contributed by atoms with van der Waals surface area (Å²) in [6, 6.07) is 5.08. The van der Waals surface area contributed by atoms with Crippen LogP contribution in [0.15, 0.2) is 30.4 Å². The van der Waals surface area contributed by atoms with Gasteiger partial charge in [0.1, 0.15) is 0 Å². The van der Waals surface area contributed by atoms with Crippen LogP contribution in [0.4, 0.5) is 4.39 Å². The molecule has 0 aliphatic carbocycles. The van der Waals surface area contributed by atoms with Crippen LogP contribution in [-0.4, -0.2) is 20.2 Å². The lowest BCUT2D eigenvalue weighted by molar-refractivity contribution is 0.386. The molecule has 0 amide bonds. The lowest BCUT2D eigenvalue weighted by Crippen LogP contribution is -2.14. The Morgan fingerprint density at radius 3 is 2.78 bits per heavy atom. The number of rotatable bonds is 8. The summed E-state index contributed by atoms with van der Waals surface area (Å²) >= 11 is 0. The molecule has 0 heterocycles. The normalized spacial score (nSPS) is 11.1. The van der Waals surface area contributed by atoms with Gasteiger partial charge in [0.05, 0.1) is 7.11 Å². The minimum absolute atomic E-state index is 0.298. The van der Waals surface area contributed by atoms with Crippen molar-refractivity contribution in [1.82, 2.24) is 5.32 Å². The predicted octanol–water partition coefficient (Wildman–Crippen LogP) is 3.32. The third kappa shape index (κ3) is 5.32. The molecular weight excluding hydrogens is 229 g/mol. The Morgan fingerprint density at radius 2 is 2.11 bits per heavy atom. The summed E-state index contributed by atoms with van der Waals surface area (Å²) in [4.78, 5) is 0. The molecule has 0 radical (unpaired) electrons. The first-order chi connectivity index (χ1) is 8.77. The van der Waals surface area contributed by atoms with Crippen LogP contribution >= 0.6 is 0 Å². The number of benzene rings is 1. The summed E-state index contributed by atoms with van der Waals surface area (Å²) in [6.45, 7) is 4.22. The van der Waals surface area contributed by atoms with Gasteiger partial charge in [-0.25, -0.2) is 4.39 Å². The number of hydrogen-bond donors (Lipinski definition) is 1. The molecular formula is C15H22FNO. The quantitative estimate of drug-likeness (QED) is 0.565. The molecule has 0 saturated carbocycles. The van der Waals surface area contributed by atoms with Crippen molar-refractivity contribution in [3.8, 4) is 5.75 Å². The molecule has 100 valence electrons. The molecule has 2 nitrogen and oxygen atoms in total. The van der Waals surface area contributed by atoms with E-state index in [-0.39, 0.29) is 5.82 Å². The topological polar surface area (TPSA) is 21.3 Å². The van der Waals surface area contributed by atoms with Gasteiger partial charge in [0.2, 0.25) is 0 Å². The third-order valence-corrected chi connectivity index (χ3v) is 2.65. The molecule has 1 aromatic carbocycles. The summed E-state index contributed by atoms with van der Waals surface area (Å²) in [5.41, 5.74) is 0.964. The molecule has 0 aromatic heterocycles. The van der Waals surface area contributed by atoms with Crippen LogP contribution in [0.25, 0.3) is 0 Å². The van der Waals surface area contributed by atoms with Crippen molar-refractivity contribution >= 4 is 0 Å². The Bertz CT molecular complexity index is 377. The molecule has 0 atom stereocenters. The van der Waals surface area contributed by atoms with Gasteiger partial charge in [-0.3, -0.25) is 0 Å². The van der Waals surface area contributed by atoms with E-state index in [0.29, 0.717) is 5.75 Å². The highest BCUT2D eigenvalue weighted by Gasteiger charge is 2.01. The Balaban J connectivity index is 2.30. The minimum Gasteiger partial charge on any atom is -0.494 e. The molecule has 0 bridgehead atoms. The highest BCUT2D eigenvalue weighted by Crippen LogP contribution is 2.17. The Kier molecular flexibility index (Phi) is 7.11. The number of halogens is 1. The van der Waals surface area contributed by atoms with E-state index in [1.165, 1.54) is 13.2 Å². The summed E-state index contributed by atoms with van der Waals surface area (Å²) < 4.78 is 18.3. The molecule has 0 aliphatic heterocycles. The molecule has 0 unspecified atom stereocenters. The smallest absolute Gasteiger partial charge is 0.165 e. The summed E-state index contributed by atoms with van der Waals surface area (Å²) in [7, 11) is 1.47. The molecule has 18 heavy (non-hydrogen) atoms. The Morgan fingerprint density at radius 1 is 1.28 bits per heavy atom. The SMILES string of the molecule is CCCNCCC=CCc1ccc(OC)c(F)c1. The largest absolute Gasteiger partial charge is 0.494 e. The van der Waals surface area contributed by atoms with E-state index >= 15 is 0 Å². The highest BCUT2D eigenvalue weighted by molar-refractivity contribution is 5.30. The molecule has 1 N–H and O–H groups in total. The van der Waals surface area contributed by atoms with Crippen molar-refractivity contribution in [3.05, 3.63) is 41.7 Å². The maximum Gasteiger partial charge on any atom is 0.165 e. The van der Waals surface area contributed by atoms with Gasteiger partial charge in [-0.2, -0.15) is 0 Å². The standard InChI is InChI=1S/C15H22FNO/c1-3-10-17-11-6-4-5-7-13-8-9-15(18-2)14(16)12-13/h4-5,8-9,12,17H,3,6-7,10-11H2,1-2H3. The number of allylic oxidation sites excluding steroid dienone is 1. The molecule has 0 spiro atoms. The van der Waals surface area contributed by atoms with E-state index < -0.39 is 0 Å². The first-order valence-corrected chi connectivity index (χ1v) is 6.46. The summed E-state index contributed by atoms with van der Waals surface area (Å²) in [5.74, 6) is -0.000456. The molecule has 0 fully saturated rings. The van der Waals surface area contributed by atoms with E-state index in [4.69, 9.17) is 4.74 Å². The number of nitrogens with one attached hydrogen (secondary N) is 1. The zero-order valence-corrected chi connectivity index (χ0v) is 11.2. The molecule has 0 saturated heterocycles. The first-order valence-electron chi connectivity index (χ1n) is 6.46.